The first kappa shape index (κ1) is 16.1. The van der Waals surface area contributed by atoms with E-state index in [0.29, 0.717) is 6.54 Å². The van der Waals surface area contributed by atoms with Crippen LogP contribution in [-0.4, -0.2) is 31.7 Å². The molecular formula is C18H26N2O3. The quantitative estimate of drug-likeness (QED) is 0.845. The van der Waals surface area contributed by atoms with Gasteiger partial charge in [-0.2, -0.15) is 0 Å². The number of amides is 1. The van der Waals surface area contributed by atoms with Gasteiger partial charge in [0, 0.05) is 18.2 Å². The lowest BCUT2D eigenvalue weighted by atomic mass is 10.1. The Morgan fingerprint density at radius 1 is 1.26 bits per heavy atom. The Labute approximate surface area is 137 Å². The third kappa shape index (κ3) is 4.16. The molecule has 23 heavy (non-hydrogen) atoms. The number of nitrogens with one attached hydrogen (secondary N) is 2. The highest BCUT2D eigenvalue weighted by atomic mass is 16.5. The third-order valence-corrected chi connectivity index (χ3v) is 4.70. The highest BCUT2D eigenvalue weighted by Gasteiger charge is 2.22. The minimum Gasteiger partial charge on any atom is -0.497 e. The van der Waals surface area contributed by atoms with E-state index in [-0.39, 0.29) is 18.1 Å². The fraction of sp³-hybridized carbons (Fsp3) is 0.611. The van der Waals surface area contributed by atoms with Crippen molar-refractivity contribution in [3.8, 4) is 11.5 Å². The average molecular weight is 318 g/mol. The first-order valence-corrected chi connectivity index (χ1v) is 8.61. The molecule has 1 amide bonds. The van der Waals surface area contributed by atoms with Crippen molar-refractivity contribution in [3.63, 3.8) is 0 Å². The van der Waals surface area contributed by atoms with Gasteiger partial charge in [-0.15, -0.1) is 0 Å². The Hall–Kier alpha value is -1.75. The predicted molar refractivity (Wildman–Crippen MR) is 88.7 cm³/mol. The van der Waals surface area contributed by atoms with Crippen molar-refractivity contribution in [3.05, 3.63) is 23.8 Å². The number of hydrogen-bond donors (Lipinski definition) is 2. The molecule has 1 aliphatic heterocycles. The second-order valence-electron chi connectivity index (χ2n) is 6.36. The topological polar surface area (TPSA) is 59.6 Å². The van der Waals surface area contributed by atoms with Crippen molar-refractivity contribution in [2.24, 2.45) is 0 Å². The molecule has 0 aromatic heterocycles. The highest BCUT2D eigenvalue weighted by Crippen LogP contribution is 2.30. The van der Waals surface area contributed by atoms with Crippen molar-refractivity contribution in [1.29, 1.82) is 0 Å². The third-order valence-electron chi connectivity index (χ3n) is 4.70. The van der Waals surface area contributed by atoms with E-state index in [1.165, 1.54) is 12.8 Å². The summed E-state index contributed by atoms with van der Waals surface area (Å²) >= 11 is 0. The predicted octanol–water partition coefficient (Wildman–Crippen LogP) is 2.38. The lowest BCUT2D eigenvalue weighted by molar-refractivity contribution is -0.122. The second kappa shape index (κ2) is 7.68. The number of benzene rings is 1. The van der Waals surface area contributed by atoms with E-state index < -0.39 is 0 Å². The van der Waals surface area contributed by atoms with E-state index in [9.17, 15) is 4.79 Å². The van der Waals surface area contributed by atoms with Crippen LogP contribution in [0.3, 0.4) is 0 Å². The van der Waals surface area contributed by atoms with E-state index in [4.69, 9.17) is 9.47 Å². The van der Waals surface area contributed by atoms with Gasteiger partial charge >= 0.3 is 0 Å². The van der Waals surface area contributed by atoms with Crippen LogP contribution < -0.4 is 20.1 Å². The number of methoxy groups -OCH3 is 1. The van der Waals surface area contributed by atoms with Crippen LogP contribution in [0.4, 0.5) is 0 Å². The van der Waals surface area contributed by atoms with Crippen LogP contribution in [0.25, 0.3) is 0 Å². The molecule has 0 radical (unpaired) electrons. The molecule has 1 atom stereocenters. The van der Waals surface area contributed by atoms with E-state index in [1.54, 1.807) is 7.11 Å². The van der Waals surface area contributed by atoms with Crippen LogP contribution in [0.1, 0.15) is 44.1 Å². The number of carbonyl (C=O) groups excluding carboxylic acids is 1. The van der Waals surface area contributed by atoms with Crippen LogP contribution >= 0.6 is 0 Å². The zero-order valence-corrected chi connectivity index (χ0v) is 13.8. The van der Waals surface area contributed by atoms with E-state index >= 15 is 0 Å². The van der Waals surface area contributed by atoms with E-state index in [0.717, 1.165) is 49.3 Å². The number of ether oxygens (including phenoxy) is 2. The highest BCUT2D eigenvalue weighted by molar-refractivity contribution is 5.82. The van der Waals surface area contributed by atoms with E-state index in [1.807, 2.05) is 18.2 Å². The number of rotatable bonds is 6. The van der Waals surface area contributed by atoms with Gasteiger partial charge in [-0.05, 0) is 57.2 Å². The lowest BCUT2D eigenvalue weighted by Crippen LogP contribution is -2.40. The Morgan fingerprint density at radius 3 is 2.78 bits per heavy atom. The summed E-state index contributed by atoms with van der Waals surface area (Å²) in [5.74, 6) is 1.69. The zero-order valence-electron chi connectivity index (χ0n) is 13.8. The van der Waals surface area contributed by atoms with Gasteiger partial charge in [-0.1, -0.05) is 0 Å². The maximum absolute atomic E-state index is 12.2. The summed E-state index contributed by atoms with van der Waals surface area (Å²) < 4.78 is 11.5. The van der Waals surface area contributed by atoms with Gasteiger partial charge < -0.3 is 20.1 Å². The van der Waals surface area contributed by atoms with Gasteiger partial charge in [-0.3, -0.25) is 4.79 Å². The average Bonchev–Trinajstić information content (AvgIpc) is 3.26. The monoisotopic (exact) mass is 318 g/mol. The molecule has 1 aromatic rings. The molecule has 1 saturated heterocycles. The molecule has 1 heterocycles. The molecule has 1 saturated carbocycles. The molecule has 3 rings (SSSR count). The summed E-state index contributed by atoms with van der Waals surface area (Å²) in [6, 6.07) is 5.77. The Balaban J connectivity index is 1.65. The molecule has 1 aromatic carbocycles. The minimum absolute atomic E-state index is 0.0487. The molecule has 2 N–H and O–H groups in total. The summed E-state index contributed by atoms with van der Waals surface area (Å²) in [6.45, 7) is 1.42. The van der Waals surface area contributed by atoms with Crippen LogP contribution in [-0.2, 0) is 11.3 Å². The van der Waals surface area contributed by atoms with Gasteiger partial charge in [-0.25, -0.2) is 0 Å². The summed E-state index contributed by atoms with van der Waals surface area (Å²) in [5.41, 5.74) is 1.00. The van der Waals surface area contributed by atoms with E-state index in [2.05, 4.69) is 10.6 Å². The van der Waals surface area contributed by atoms with Gasteiger partial charge in [0.25, 0.3) is 0 Å². The molecule has 1 aliphatic carbocycles. The fourth-order valence-electron chi connectivity index (χ4n) is 3.32. The van der Waals surface area contributed by atoms with Gasteiger partial charge in [0.1, 0.15) is 11.5 Å². The standard InChI is InChI=1S/C18H26N2O3/c1-22-15-9-8-13(12-20-18(21)16-7-4-10-19-16)17(11-15)23-14-5-2-3-6-14/h8-9,11,14,16,19H,2-7,10,12H2,1H3,(H,20,21). The molecular weight excluding hydrogens is 292 g/mol. The summed E-state index contributed by atoms with van der Waals surface area (Å²) in [6.07, 6.45) is 6.94. The SMILES string of the molecule is COc1ccc(CNC(=O)C2CCCN2)c(OC2CCCC2)c1. The largest absolute Gasteiger partial charge is 0.497 e. The van der Waals surface area contributed by atoms with Gasteiger partial charge in [0.15, 0.2) is 0 Å². The van der Waals surface area contributed by atoms with Crippen LogP contribution in [0.2, 0.25) is 0 Å². The fourth-order valence-corrected chi connectivity index (χ4v) is 3.32. The van der Waals surface area contributed by atoms with Gasteiger partial charge in [0.05, 0.1) is 19.3 Å². The van der Waals surface area contributed by atoms with Gasteiger partial charge in [0.2, 0.25) is 5.91 Å². The summed E-state index contributed by atoms with van der Waals surface area (Å²) in [4.78, 5) is 12.2. The van der Waals surface area contributed by atoms with Crippen LogP contribution in [0, 0.1) is 0 Å². The Kier molecular flexibility index (Phi) is 5.39. The minimum atomic E-state index is -0.0487. The van der Waals surface area contributed by atoms with Crippen molar-refractivity contribution in [2.75, 3.05) is 13.7 Å². The molecule has 1 unspecified atom stereocenters. The first-order valence-electron chi connectivity index (χ1n) is 8.61. The molecule has 0 bridgehead atoms. The molecule has 126 valence electrons. The summed E-state index contributed by atoms with van der Waals surface area (Å²) in [5, 5.41) is 6.24. The molecule has 2 fully saturated rings. The molecule has 0 spiro atoms. The maximum Gasteiger partial charge on any atom is 0.237 e. The van der Waals surface area contributed by atoms with Crippen molar-refractivity contribution < 1.29 is 14.3 Å². The van der Waals surface area contributed by atoms with Crippen LogP contribution in [0.5, 0.6) is 11.5 Å². The van der Waals surface area contributed by atoms with Crippen molar-refractivity contribution >= 4 is 5.91 Å². The molecule has 5 nitrogen and oxygen atoms in total. The molecule has 2 aliphatic rings. The Bertz CT molecular complexity index is 535. The maximum atomic E-state index is 12.2. The normalized spacial score (nSPS) is 21.3. The van der Waals surface area contributed by atoms with Crippen molar-refractivity contribution in [2.45, 2.75) is 57.2 Å². The zero-order chi connectivity index (χ0) is 16.1. The lowest BCUT2D eigenvalue weighted by Gasteiger charge is -2.18. The molecule has 5 heteroatoms. The second-order valence-corrected chi connectivity index (χ2v) is 6.36. The smallest absolute Gasteiger partial charge is 0.237 e. The Morgan fingerprint density at radius 2 is 2.09 bits per heavy atom. The number of hydrogen-bond acceptors (Lipinski definition) is 4. The van der Waals surface area contributed by atoms with Crippen molar-refractivity contribution in [1.82, 2.24) is 10.6 Å². The number of carbonyl (C=O) groups is 1. The first-order chi connectivity index (χ1) is 11.3. The van der Waals surface area contributed by atoms with Crippen LogP contribution in [0.15, 0.2) is 18.2 Å². The summed E-state index contributed by atoms with van der Waals surface area (Å²) in [7, 11) is 1.65.